The van der Waals surface area contributed by atoms with E-state index in [1.165, 1.54) is 11.3 Å². The lowest BCUT2D eigenvalue weighted by molar-refractivity contribution is -0.118. The van der Waals surface area contributed by atoms with Crippen molar-refractivity contribution in [3.8, 4) is 17.4 Å². The van der Waals surface area contributed by atoms with Crippen molar-refractivity contribution >= 4 is 22.4 Å². The second kappa shape index (κ2) is 7.49. The van der Waals surface area contributed by atoms with E-state index in [0.29, 0.717) is 28.4 Å². The Kier molecular flexibility index (Phi) is 4.74. The van der Waals surface area contributed by atoms with E-state index in [9.17, 15) is 4.79 Å². The zero-order valence-electron chi connectivity index (χ0n) is 13.8. The van der Waals surface area contributed by atoms with Gasteiger partial charge in [-0.25, -0.2) is 4.98 Å². The van der Waals surface area contributed by atoms with Gasteiger partial charge in [-0.1, -0.05) is 17.4 Å². The Bertz CT molecular complexity index is 879. The molecule has 0 saturated heterocycles. The molecule has 1 saturated carbocycles. The number of carbonyl (C=O) groups is 1. The number of hydrogen-bond acceptors (Lipinski definition) is 7. The predicted molar refractivity (Wildman–Crippen MR) is 96.8 cm³/mol. The molecule has 1 aliphatic carbocycles. The first-order valence-corrected chi connectivity index (χ1v) is 9.03. The van der Waals surface area contributed by atoms with Crippen molar-refractivity contribution in [3.05, 3.63) is 53.7 Å². The van der Waals surface area contributed by atoms with Gasteiger partial charge in [0.15, 0.2) is 6.61 Å². The van der Waals surface area contributed by atoms with E-state index in [2.05, 4.69) is 20.5 Å². The molecule has 2 aromatic heterocycles. The van der Waals surface area contributed by atoms with E-state index in [-0.39, 0.29) is 12.5 Å². The quantitative estimate of drug-likeness (QED) is 0.685. The van der Waals surface area contributed by atoms with E-state index in [0.717, 1.165) is 17.8 Å². The summed E-state index contributed by atoms with van der Waals surface area (Å²) >= 11 is 1.42. The zero-order chi connectivity index (χ0) is 17.8. The van der Waals surface area contributed by atoms with Crippen molar-refractivity contribution in [2.45, 2.75) is 18.8 Å². The minimum atomic E-state index is -0.266. The highest BCUT2D eigenvalue weighted by Crippen LogP contribution is 2.42. The van der Waals surface area contributed by atoms with Crippen LogP contribution in [0.3, 0.4) is 0 Å². The second-order valence-electron chi connectivity index (χ2n) is 5.80. The molecule has 1 aliphatic rings. The van der Waals surface area contributed by atoms with Crippen LogP contribution >= 0.6 is 11.3 Å². The van der Waals surface area contributed by atoms with E-state index >= 15 is 0 Å². The molecule has 26 heavy (non-hydrogen) atoms. The maximum atomic E-state index is 12.0. The molecular formula is C18H16N4O3S. The minimum absolute atomic E-state index is 0.0984. The summed E-state index contributed by atoms with van der Waals surface area (Å²) in [6, 6.07) is 12.4. The van der Waals surface area contributed by atoms with E-state index < -0.39 is 0 Å². The van der Waals surface area contributed by atoms with Crippen LogP contribution < -0.4 is 14.8 Å². The molecule has 1 amide bonds. The number of hydrogen-bond donors (Lipinski definition) is 1. The first kappa shape index (κ1) is 16.5. The van der Waals surface area contributed by atoms with E-state index in [1.54, 1.807) is 36.5 Å². The van der Waals surface area contributed by atoms with Crippen molar-refractivity contribution in [1.29, 1.82) is 0 Å². The molecule has 2 heterocycles. The van der Waals surface area contributed by atoms with Gasteiger partial charge in [0.05, 0.1) is 0 Å². The molecular weight excluding hydrogens is 352 g/mol. The maximum Gasteiger partial charge on any atom is 0.264 e. The summed E-state index contributed by atoms with van der Waals surface area (Å²) < 4.78 is 11.1. The van der Waals surface area contributed by atoms with Crippen molar-refractivity contribution < 1.29 is 14.3 Å². The van der Waals surface area contributed by atoms with Gasteiger partial charge in [0.25, 0.3) is 5.91 Å². The molecule has 0 bridgehead atoms. The smallest absolute Gasteiger partial charge is 0.264 e. The van der Waals surface area contributed by atoms with Crippen LogP contribution in [0, 0.1) is 0 Å². The summed E-state index contributed by atoms with van der Waals surface area (Å²) in [5.41, 5.74) is 0. The molecule has 4 rings (SSSR count). The molecule has 132 valence electrons. The molecule has 7 nitrogen and oxygen atoms in total. The molecule has 0 aliphatic heterocycles. The Hall–Kier alpha value is -3.00. The van der Waals surface area contributed by atoms with Crippen LogP contribution in [-0.4, -0.2) is 27.7 Å². The lowest BCUT2D eigenvalue weighted by Gasteiger charge is -2.07. The molecule has 0 radical (unpaired) electrons. The van der Waals surface area contributed by atoms with Gasteiger partial charge in [0, 0.05) is 18.2 Å². The first-order valence-electron chi connectivity index (χ1n) is 8.21. The standard InChI is InChI=1S/C18H16N4O3S/c23-15(20-18-22-21-17(26-18)12-4-5-12)11-24-13-6-8-14(9-7-13)25-16-3-1-2-10-19-16/h1-3,6-10,12H,4-5,11H2,(H,20,22,23). The average Bonchev–Trinajstić information content (AvgIpc) is 3.42. The lowest BCUT2D eigenvalue weighted by Crippen LogP contribution is -2.20. The third kappa shape index (κ3) is 4.34. The number of nitrogens with one attached hydrogen (secondary N) is 1. The molecule has 8 heteroatoms. The molecule has 0 spiro atoms. The predicted octanol–water partition coefficient (Wildman–Crippen LogP) is 3.62. The van der Waals surface area contributed by atoms with Gasteiger partial charge in [-0.3, -0.25) is 10.1 Å². The molecule has 1 N–H and O–H groups in total. The van der Waals surface area contributed by atoms with E-state index in [1.807, 2.05) is 12.1 Å². The van der Waals surface area contributed by atoms with Crippen LogP contribution in [0.2, 0.25) is 0 Å². The third-order valence-corrected chi connectivity index (χ3v) is 4.67. The number of rotatable bonds is 7. The first-order chi connectivity index (χ1) is 12.8. The zero-order valence-corrected chi connectivity index (χ0v) is 14.6. The minimum Gasteiger partial charge on any atom is -0.484 e. The molecule has 0 atom stereocenters. The van der Waals surface area contributed by atoms with Crippen LogP contribution in [-0.2, 0) is 4.79 Å². The topological polar surface area (TPSA) is 86.2 Å². The number of benzene rings is 1. The van der Waals surface area contributed by atoms with Gasteiger partial charge >= 0.3 is 0 Å². The van der Waals surface area contributed by atoms with Crippen LogP contribution in [0.25, 0.3) is 0 Å². The molecule has 1 fully saturated rings. The summed E-state index contributed by atoms with van der Waals surface area (Å²) in [6.45, 7) is -0.0984. The molecule has 0 unspecified atom stereocenters. The summed E-state index contributed by atoms with van der Waals surface area (Å²) in [6.07, 6.45) is 3.98. The highest BCUT2D eigenvalue weighted by Gasteiger charge is 2.27. The Balaban J connectivity index is 1.26. The Morgan fingerprint density at radius 1 is 1.12 bits per heavy atom. The molecule has 1 aromatic carbocycles. The fraction of sp³-hybridized carbons (Fsp3) is 0.222. The number of ether oxygens (including phenoxy) is 2. The fourth-order valence-corrected chi connectivity index (χ4v) is 3.15. The van der Waals surface area contributed by atoms with Crippen molar-refractivity contribution in [2.24, 2.45) is 0 Å². The van der Waals surface area contributed by atoms with Gasteiger partial charge in [-0.05, 0) is 43.2 Å². The monoisotopic (exact) mass is 368 g/mol. The largest absolute Gasteiger partial charge is 0.484 e. The summed E-state index contributed by atoms with van der Waals surface area (Å²) in [5, 5.41) is 12.3. The number of pyridine rings is 1. The van der Waals surface area contributed by atoms with Crippen molar-refractivity contribution in [2.75, 3.05) is 11.9 Å². The maximum absolute atomic E-state index is 12.0. The van der Waals surface area contributed by atoms with Crippen LogP contribution in [0.5, 0.6) is 17.4 Å². The number of amides is 1. The Morgan fingerprint density at radius 2 is 1.92 bits per heavy atom. The van der Waals surface area contributed by atoms with Gasteiger partial charge in [-0.2, -0.15) is 0 Å². The Labute approximate surface area is 154 Å². The van der Waals surface area contributed by atoms with Crippen LogP contribution in [0.1, 0.15) is 23.8 Å². The summed E-state index contributed by atoms with van der Waals surface area (Å²) in [4.78, 5) is 16.1. The fourth-order valence-electron chi connectivity index (χ4n) is 2.22. The summed E-state index contributed by atoms with van der Waals surface area (Å²) in [7, 11) is 0. The van der Waals surface area contributed by atoms with Gasteiger partial charge in [0.2, 0.25) is 11.0 Å². The molecule has 3 aromatic rings. The average molecular weight is 368 g/mol. The van der Waals surface area contributed by atoms with Gasteiger partial charge in [-0.15, -0.1) is 10.2 Å². The number of anilines is 1. The van der Waals surface area contributed by atoms with Gasteiger partial charge < -0.3 is 9.47 Å². The Morgan fingerprint density at radius 3 is 2.65 bits per heavy atom. The number of nitrogens with zero attached hydrogens (tertiary/aromatic N) is 3. The van der Waals surface area contributed by atoms with Crippen LogP contribution in [0.4, 0.5) is 5.13 Å². The third-order valence-electron chi connectivity index (χ3n) is 3.67. The summed E-state index contributed by atoms with van der Waals surface area (Å²) in [5.74, 6) is 1.99. The second-order valence-corrected chi connectivity index (χ2v) is 6.81. The number of carbonyl (C=O) groups excluding carboxylic acids is 1. The highest BCUT2D eigenvalue weighted by atomic mass is 32.1. The van der Waals surface area contributed by atoms with Gasteiger partial charge in [0.1, 0.15) is 16.5 Å². The number of aromatic nitrogens is 3. The van der Waals surface area contributed by atoms with Crippen molar-refractivity contribution in [1.82, 2.24) is 15.2 Å². The normalized spacial score (nSPS) is 13.2. The SMILES string of the molecule is O=C(COc1ccc(Oc2ccccn2)cc1)Nc1nnc(C2CC2)s1. The highest BCUT2D eigenvalue weighted by molar-refractivity contribution is 7.15. The van der Waals surface area contributed by atoms with Crippen molar-refractivity contribution in [3.63, 3.8) is 0 Å². The van der Waals surface area contributed by atoms with E-state index in [4.69, 9.17) is 9.47 Å². The van der Waals surface area contributed by atoms with Crippen LogP contribution in [0.15, 0.2) is 48.7 Å². The lowest BCUT2D eigenvalue weighted by atomic mass is 10.3.